The minimum absolute atomic E-state index is 0.0167. The van der Waals surface area contributed by atoms with Gasteiger partial charge in [-0.2, -0.15) is 0 Å². The summed E-state index contributed by atoms with van der Waals surface area (Å²) in [7, 11) is 0. The van der Waals surface area contributed by atoms with E-state index in [1.807, 2.05) is 0 Å². The second-order valence-electron chi connectivity index (χ2n) is 6.21. The van der Waals surface area contributed by atoms with E-state index in [4.69, 9.17) is 26.8 Å². The first-order chi connectivity index (χ1) is 11.7. The molecule has 2 fully saturated rings. The number of nitrogens with one attached hydrogen (secondary N) is 1. The number of halogens is 1. The van der Waals surface area contributed by atoms with Gasteiger partial charge in [0, 0.05) is 11.6 Å². The van der Waals surface area contributed by atoms with Crippen molar-refractivity contribution in [3.05, 3.63) is 28.8 Å². The summed E-state index contributed by atoms with van der Waals surface area (Å²) in [6.45, 7) is 4.08. The maximum Gasteiger partial charge on any atom is 0.255 e. The molecule has 0 aliphatic carbocycles. The van der Waals surface area contributed by atoms with E-state index in [9.17, 15) is 4.79 Å². The number of hydrogen-bond donors (Lipinski definition) is 2. The summed E-state index contributed by atoms with van der Waals surface area (Å²) < 4.78 is 11.2. The molecule has 2 saturated heterocycles. The van der Waals surface area contributed by atoms with Crippen molar-refractivity contribution >= 4 is 17.5 Å². The van der Waals surface area contributed by atoms with E-state index in [2.05, 4.69) is 10.2 Å². The van der Waals surface area contributed by atoms with Gasteiger partial charge in [0.15, 0.2) is 0 Å². The van der Waals surface area contributed by atoms with E-state index in [1.165, 1.54) is 12.8 Å². The van der Waals surface area contributed by atoms with Crippen molar-refractivity contribution in [1.82, 2.24) is 10.2 Å². The summed E-state index contributed by atoms with van der Waals surface area (Å²) in [5.41, 5.74) is 5.91. The standard InChI is InChI=1S/C17H24ClN3O3/c18-12-3-4-16(24-8-5-19)13(9-12)17(22)20-14-10-23-11-15(14)21-6-1-2-7-21/h3-4,9,14-15H,1-2,5-8,10-11,19H2,(H,20,22)/t14-,15-/m0/s1. The van der Waals surface area contributed by atoms with Crippen LogP contribution < -0.4 is 15.8 Å². The van der Waals surface area contributed by atoms with Crippen LogP contribution in [0.5, 0.6) is 5.75 Å². The molecule has 3 rings (SSSR count). The molecule has 0 radical (unpaired) electrons. The Balaban J connectivity index is 1.70. The Labute approximate surface area is 147 Å². The van der Waals surface area contributed by atoms with E-state index in [0.29, 0.717) is 42.7 Å². The lowest BCUT2D eigenvalue weighted by molar-refractivity contribution is 0.0912. The van der Waals surface area contributed by atoms with Gasteiger partial charge in [-0.3, -0.25) is 9.69 Å². The summed E-state index contributed by atoms with van der Waals surface area (Å²) in [4.78, 5) is 15.1. The number of ether oxygens (including phenoxy) is 2. The summed E-state index contributed by atoms with van der Waals surface area (Å²) in [6.07, 6.45) is 2.42. The molecule has 24 heavy (non-hydrogen) atoms. The highest BCUT2D eigenvalue weighted by Gasteiger charge is 2.35. The third-order valence-electron chi connectivity index (χ3n) is 4.54. The van der Waals surface area contributed by atoms with Crippen LogP contribution >= 0.6 is 11.6 Å². The molecule has 6 nitrogen and oxygen atoms in total. The van der Waals surface area contributed by atoms with Crippen molar-refractivity contribution in [3.63, 3.8) is 0 Å². The van der Waals surface area contributed by atoms with Crippen molar-refractivity contribution in [2.45, 2.75) is 24.9 Å². The normalized spacial score (nSPS) is 24.2. The average molecular weight is 354 g/mol. The predicted molar refractivity (Wildman–Crippen MR) is 92.7 cm³/mol. The molecule has 2 atom stereocenters. The van der Waals surface area contributed by atoms with E-state index < -0.39 is 0 Å². The fraction of sp³-hybridized carbons (Fsp3) is 0.588. The number of nitrogens with zero attached hydrogens (tertiary/aromatic N) is 1. The maximum atomic E-state index is 12.7. The van der Waals surface area contributed by atoms with Crippen LogP contribution in [0.25, 0.3) is 0 Å². The minimum Gasteiger partial charge on any atom is -0.491 e. The molecule has 1 aromatic rings. The smallest absolute Gasteiger partial charge is 0.255 e. The summed E-state index contributed by atoms with van der Waals surface area (Å²) in [6, 6.07) is 5.26. The van der Waals surface area contributed by atoms with Crippen molar-refractivity contribution in [3.8, 4) is 5.75 Å². The van der Waals surface area contributed by atoms with Gasteiger partial charge in [-0.1, -0.05) is 11.6 Å². The van der Waals surface area contributed by atoms with Crippen molar-refractivity contribution in [1.29, 1.82) is 0 Å². The van der Waals surface area contributed by atoms with E-state index >= 15 is 0 Å². The second-order valence-corrected chi connectivity index (χ2v) is 6.64. The quantitative estimate of drug-likeness (QED) is 0.805. The molecule has 1 aromatic carbocycles. The highest BCUT2D eigenvalue weighted by atomic mass is 35.5. The van der Waals surface area contributed by atoms with Crippen molar-refractivity contribution in [2.24, 2.45) is 5.73 Å². The molecule has 3 N–H and O–H groups in total. The Morgan fingerprint density at radius 3 is 2.92 bits per heavy atom. The molecule has 0 aromatic heterocycles. The molecule has 0 bridgehead atoms. The minimum atomic E-state index is -0.191. The molecule has 7 heteroatoms. The van der Waals surface area contributed by atoms with Gasteiger partial charge in [0.2, 0.25) is 0 Å². The predicted octanol–water partition coefficient (Wildman–Crippen LogP) is 1.27. The third-order valence-corrected chi connectivity index (χ3v) is 4.77. The number of likely N-dealkylation sites (tertiary alicyclic amines) is 1. The Morgan fingerprint density at radius 2 is 2.17 bits per heavy atom. The Morgan fingerprint density at radius 1 is 1.38 bits per heavy atom. The summed E-state index contributed by atoms with van der Waals surface area (Å²) in [5.74, 6) is 0.309. The van der Waals surface area contributed by atoms with Gasteiger partial charge >= 0.3 is 0 Å². The van der Waals surface area contributed by atoms with Crippen LogP contribution in [0.1, 0.15) is 23.2 Å². The zero-order valence-corrected chi connectivity index (χ0v) is 14.4. The van der Waals surface area contributed by atoms with Crippen LogP contribution in [0.2, 0.25) is 5.02 Å². The maximum absolute atomic E-state index is 12.7. The molecule has 0 saturated carbocycles. The SMILES string of the molecule is NCCOc1ccc(Cl)cc1C(=O)N[C@H]1COC[C@@H]1N1CCCC1. The largest absolute Gasteiger partial charge is 0.491 e. The molecule has 1 amide bonds. The number of carbonyl (C=O) groups excluding carboxylic acids is 1. The number of benzene rings is 1. The van der Waals surface area contributed by atoms with Gasteiger partial charge in [0.05, 0.1) is 30.9 Å². The Bertz CT molecular complexity index is 578. The first kappa shape index (κ1) is 17.5. The zero-order chi connectivity index (χ0) is 16.9. The highest BCUT2D eigenvalue weighted by molar-refractivity contribution is 6.31. The first-order valence-corrected chi connectivity index (χ1v) is 8.82. The molecule has 2 aliphatic rings. The molecule has 132 valence electrons. The van der Waals surface area contributed by atoms with Crippen molar-refractivity contribution in [2.75, 3.05) is 39.5 Å². The highest BCUT2D eigenvalue weighted by Crippen LogP contribution is 2.24. The number of nitrogens with two attached hydrogens (primary N) is 1. The summed E-state index contributed by atoms with van der Waals surface area (Å²) >= 11 is 6.05. The molecule has 0 unspecified atom stereocenters. The van der Waals surface area contributed by atoms with Crippen LogP contribution in [0, 0.1) is 0 Å². The van der Waals surface area contributed by atoms with E-state index in [1.54, 1.807) is 18.2 Å². The van der Waals surface area contributed by atoms with Crippen LogP contribution in [0.3, 0.4) is 0 Å². The van der Waals surface area contributed by atoms with E-state index in [0.717, 1.165) is 13.1 Å². The van der Waals surface area contributed by atoms with Gasteiger partial charge in [0.25, 0.3) is 5.91 Å². The lowest BCUT2D eigenvalue weighted by atomic mass is 10.1. The van der Waals surface area contributed by atoms with Crippen molar-refractivity contribution < 1.29 is 14.3 Å². The molecule has 2 aliphatic heterocycles. The zero-order valence-electron chi connectivity index (χ0n) is 13.7. The van der Waals surface area contributed by atoms with Gasteiger partial charge in [-0.05, 0) is 44.1 Å². The average Bonchev–Trinajstić information content (AvgIpc) is 3.24. The van der Waals surface area contributed by atoms with Crippen LogP contribution in [0.4, 0.5) is 0 Å². The molecule has 2 heterocycles. The molecular formula is C17H24ClN3O3. The number of rotatable bonds is 6. The lowest BCUT2D eigenvalue weighted by Gasteiger charge is -2.28. The van der Waals surface area contributed by atoms with Gasteiger partial charge in [-0.15, -0.1) is 0 Å². The summed E-state index contributed by atoms with van der Waals surface area (Å²) in [5, 5.41) is 3.59. The number of carbonyl (C=O) groups is 1. The molecular weight excluding hydrogens is 330 g/mol. The van der Waals surface area contributed by atoms with Gasteiger partial charge in [0.1, 0.15) is 12.4 Å². The number of hydrogen-bond acceptors (Lipinski definition) is 5. The number of amides is 1. The fourth-order valence-electron chi connectivity index (χ4n) is 3.33. The van der Waals surface area contributed by atoms with Crippen LogP contribution in [0.15, 0.2) is 18.2 Å². The lowest BCUT2D eigenvalue weighted by Crippen LogP contribution is -2.50. The van der Waals surface area contributed by atoms with Gasteiger partial charge in [-0.25, -0.2) is 0 Å². The van der Waals surface area contributed by atoms with Crippen LogP contribution in [-0.4, -0.2) is 62.3 Å². The van der Waals surface area contributed by atoms with Gasteiger partial charge < -0.3 is 20.5 Å². The van der Waals surface area contributed by atoms with Crippen LogP contribution in [-0.2, 0) is 4.74 Å². The third kappa shape index (κ3) is 4.00. The monoisotopic (exact) mass is 353 g/mol. The Kier molecular flexibility index (Phi) is 5.94. The van der Waals surface area contributed by atoms with E-state index in [-0.39, 0.29) is 18.0 Å². The molecule has 0 spiro atoms. The first-order valence-electron chi connectivity index (χ1n) is 8.44. The Hall–Kier alpha value is -1.34. The second kappa shape index (κ2) is 8.16. The fourth-order valence-corrected chi connectivity index (χ4v) is 3.51. The topological polar surface area (TPSA) is 76.8 Å².